The zero-order valence-corrected chi connectivity index (χ0v) is 11.4. The summed E-state index contributed by atoms with van der Waals surface area (Å²) in [7, 11) is 0. The lowest BCUT2D eigenvalue weighted by Crippen LogP contribution is -2.22. The van der Waals surface area contributed by atoms with Crippen molar-refractivity contribution in [1.82, 2.24) is 0 Å². The van der Waals surface area contributed by atoms with Gasteiger partial charge in [0.25, 0.3) is 0 Å². The Morgan fingerprint density at radius 1 is 1.42 bits per heavy atom. The molecule has 2 atom stereocenters. The molecule has 1 rings (SSSR count). The van der Waals surface area contributed by atoms with E-state index in [1.165, 1.54) is 5.56 Å². The van der Waals surface area contributed by atoms with Crippen molar-refractivity contribution in [1.29, 1.82) is 0 Å². The molecule has 0 aliphatic heterocycles. The first-order chi connectivity index (χ1) is 9.11. The molecule has 3 heteroatoms. The van der Waals surface area contributed by atoms with Gasteiger partial charge in [-0.3, -0.25) is 4.79 Å². The number of carboxylic acid groups (broad SMARTS) is 1. The third kappa shape index (κ3) is 6.77. The Balaban J connectivity index is 2.43. The van der Waals surface area contributed by atoms with Gasteiger partial charge in [-0.05, 0) is 31.7 Å². The van der Waals surface area contributed by atoms with Crippen molar-refractivity contribution in [3.63, 3.8) is 0 Å². The normalized spacial score (nSPS) is 13.7. The van der Waals surface area contributed by atoms with E-state index >= 15 is 0 Å². The van der Waals surface area contributed by atoms with E-state index in [1.807, 2.05) is 24.3 Å². The zero-order valence-electron chi connectivity index (χ0n) is 11.4. The second-order valence-electron chi connectivity index (χ2n) is 4.72. The SMILES string of the molecule is C=CC[C@@H](CCc1ccccc1)O[C@H](C)CC(=O)O. The lowest BCUT2D eigenvalue weighted by molar-refractivity contribution is -0.141. The van der Waals surface area contributed by atoms with E-state index in [0.717, 1.165) is 19.3 Å². The summed E-state index contributed by atoms with van der Waals surface area (Å²) in [4.78, 5) is 10.6. The van der Waals surface area contributed by atoms with E-state index < -0.39 is 5.97 Å². The molecular weight excluding hydrogens is 240 g/mol. The number of aliphatic carboxylic acids is 1. The van der Waals surface area contributed by atoms with Gasteiger partial charge in [0.15, 0.2) is 0 Å². The average molecular weight is 262 g/mol. The third-order valence-electron chi connectivity index (χ3n) is 2.91. The second kappa shape index (κ2) is 8.48. The second-order valence-corrected chi connectivity index (χ2v) is 4.72. The van der Waals surface area contributed by atoms with Gasteiger partial charge in [-0.15, -0.1) is 6.58 Å². The zero-order chi connectivity index (χ0) is 14.1. The van der Waals surface area contributed by atoms with Crippen LogP contribution in [0, 0.1) is 0 Å². The van der Waals surface area contributed by atoms with E-state index in [0.29, 0.717) is 0 Å². The highest BCUT2D eigenvalue weighted by Crippen LogP contribution is 2.14. The van der Waals surface area contributed by atoms with Crippen LogP contribution in [0.25, 0.3) is 0 Å². The molecule has 0 bridgehead atoms. The van der Waals surface area contributed by atoms with E-state index in [2.05, 4.69) is 18.7 Å². The Hall–Kier alpha value is -1.61. The molecule has 1 N–H and O–H groups in total. The number of aryl methyl sites for hydroxylation is 1. The molecule has 0 heterocycles. The molecule has 1 aromatic carbocycles. The highest BCUT2D eigenvalue weighted by molar-refractivity contribution is 5.67. The maximum atomic E-state index is 10.6. The van der Waals surface area contributed by atoms with Crippen LogP contribution in [0.1, 0.15) is 31.7 Å². The molecule has 0 aliphatic rings. The molecular formula is C16H22O3. The summed E-state index contributed by atoms with van der Waals surface area (Å²) in [6.07, 6.45) is 4.18. The fraction of sp³-hybridized carbons (Fsp3) is 0.438. The minimum absolute atomic E-state index is 0.0343. The first-order valence-electron chi connectivity index (χ1n) is 6.64. The van der Waals surface area contributed by atoms with Gasteiger partial charge in [0.05, 0.1) is 18.6 Å². The summed E-state index contributed by atoms with van der Waals surface area (Å²) < 4.78 is 5.77. The van der Waals surface area contributed by atoms with Gasteiger partial charge in [0.2, 0.25) is 0 Å². The predicted molar refractivity (Wildman–Crippen MR) is 76.2 cm³/mol. The molecule has 3 nitrogen and oxygen atoms in total. The van der Waals surface area contributed by atoms with Gasteiger partial charge < -0.3 is 9.84 Å². The van der Waals surface area contributed by atoms with Crippen LogP contribution in [0.3, 0.4) is 0 Å². The Labute approximate surface area is 114 Å². The largest absolute Gasteiger partial charge is 0.481 e. The number of ether oxygens (including phenoxy) is 1. The number of hydrogen-bond donors (Lipinski definition) is 1. The molecule has 0 aromatic heterocycles. The maximum Gasteiger partial charge on any atom is 0.305 e. The number of hydrogen-bond acceptors (Lipinski definition) is 2. The Morgan fingerprint density at radius 3 is 2.68 bits per heavy atom. The van der Waals surface area contributed by atoms with Gasteiger partial charge in [-0.25, -0.2) is 0 Å². The molecule has 0 fully saturated rings. The van der Waals surface area contributed by atoms with Gasteiger partial charge in [-0.2, -0.15) is 0 Å². The summed E-state index contributed by atoms with van der Waals surface area (Å²) in [6, 6.07) is 10.2. The highest BCUT2D eigenvalue weighted by atomic mass is 16.5. The van der Waals surface area contributed by atoms with E-state index in [1.54, 1.807) is 6.92 Å². The van der Waals surface area contributed by atoms with E-state index in [9.17, 15) is 4.79 Å². The van der Waals surface area contributed by atoms with Crippen molar-refractivity contribution in [2.45, 2.75) is 44.8 Å². The summed E-state index contributed by atoms with van der Waals surface area (Å²) in [5.74, 6) is -0.826. The highest BCUT2D eigenvalue weighted by Gasteiger charge is 2.14. The van der Waals surface area contributed by atoms with Crippen LogP contribution in [0.5, 0.6) is 0 Å². The topological polar surface area (TPSA) is 46.5 Å². The molecule has 0 saturated carbocycles. The van der Waals surface area contributed by atoms with Crippen molar-refractivity contribution in [2.75, 3.05) is 0 Å². The molecule has 0 amide bonds. The lowest BCUT2D eigenvalue weighted by Gasteiger charge is -2.20. The molecule has 0 spiro atoms. The summed E-state index contributed by atoms with van der Waals surface area (Å²) in [5, 5.41) is 8.73. The van der Waals surface area contributed by atoms with E-state index in [-0.39, 0.29) is 18.6 Å². The van der Waals surface area contributed by atoms with Crippen molar-refractivity contribution in [2.24, 2.45) is 0 Å². The number of rotatable bonds is 9. The summed E-state index contributed by atoms with van der Waals surface area (Å²) in [5.41, 5.74) is 1.27. The number of benzene rings is 1. The minimum atomic E-state index is -0.826. The number of carboxylic acids is 1. The van der Waals surface area contributed by atoms with Gasteiger partial charge in [0, 0.05) is 0 Å². The number of carbonyl (C=O) groups is 1. The lowest BCUT2D eigenvalue weighted by atomic mass is 10.0. The van der Waals surface area contributed by atoms with Crippen molar-refractivity contribution in [3.05, 3.63) is 48.6 Å². The summed E-state index contributed by atoms with van der Waals surface area (Å²) in [6.45, 7) is 5.53. The molecule has 0 unspecified atom stereocenters. The fourth-order valence-corrected chi connectivity index (χ4v) is 2.02. The van der Waals surface area contributed by atoms with Crippen molar-refractivity contribution >= 4 is 5.97 Å². The summed E-state index contributed by atoms with van der Waals surface area (Å²) >= 11 is 0. The molecule has 104 valence electrons. The van der Waals surface area contributed by atoms with Crippen LogP contribution in [0.4, 0.5) is 0 Å². The first kappa shape index (κ1) is 15.4. The van der Waals surface area contributed by atoms with Gasteiger partial charge in [-0.1, -0.05) is 36.4 Å². The van der Waals surface area contributed by atoms with Crippen LogP contribution in [0.15, 0.2) is 43.0 Å². The standard InChI is InChI=1S/C16H22O3/c1-3-7-15(19-13(2)12-16(17)18)11-10-14-8-5-4-6-9-14/h3-6,8-9,13,15H,1,7,10-12H2,2H3,(H,17,18)/t13-,15+/m1/s1. The minimum Gasteiger partial charge on any atom is -0.481 e. The Morgan fingerprint density at radius 2 is 2.11 bits per heavy atom. The van der Waals surface area contributed by atoms with Crippen LogP contribution >= 0.6 is 0 Å². The third-order valence-corrected chi connectivity index (χ3v) is 2.91. The Bertz CT molecular complexity index is 386. The van der Waals surface area contributed by atoms with Crippen molar-refractivity contribution < 1.29 is 14.6 Å². The van der Waals surface area contributed by atoms with Crippen LogP contribution in [-0.2, 0) is 16.0 Å². The molecule has 19 heavy (non-hydrogen) atoms. The average Bonchev–Trinajstić information content (AvgIpc) is 2.36. The monoisotopic (exact) mass is 262 g/mol. The van der Waals surface area contributed by atoms with Gasteiger partial charge >= 0.3 is 5.97 Å². The van der Waals surface area contributed by atoms with E-state index in [4.69, 9.17) is 9.84 Å². The predicted octanol–water partition coefficient (Wildman–Crippen LogP) is 3.44. The smallest absolute Gasteiger partial charge is 0.305 e. The van der Waals surface area contributed by atoms with Crippen LogP contribution in [0.2, 0.25) is 0 Å². The fourth-order valence-electron chi connectivity index (χ4n) is 2.02. The van der Waals surface area contributed by atoms with Crippen molar-refractivity contribution in [3.8, 4) is 0 Å². The molecule has 1 aromatic rings. The molecule has 0 radical (unpaired) electrons. The van der Waals surface area contributed by atoms with Crippen LogP contribution in [-0.4, -0.2) is 23.3 Å². The molecule has 0 saturated heterocycles. The quantitative estimate of drug-likeness (QED) is 0.693. The molecule has 0 aliphatic carbocycles. The van der Waals surface area contributed by atoms with Gasteiger partial charge in [0.1, 0.15) is 0 Å². The Kier molecular flexibility index (Phi) is 6.90. The van der Waals surface area contributed by atoms with Crippen LogP contribution < -0.4 is 0 Å². The first-order valence-corrected chi connectivity index (χ1v) is 6.64. The maximum absolute atomic E-state index is 10.6.